The lowest BCUT2D eigenvalue weighted by molar-refractivity contribution is -0.104. The second kappa shape index (κ2) is 3.35. The molecule has 0 aromatic heterocycles. The summed E-state index contributed by atoms with van der Waals surface area (Å²) in [7, 11) is 0. The van der Waals surface area contributed by atoms with Crippen molar-refractivity contribution in [2.24, 2.45) is 5.92 Å². The van der Waals surface area contributed by atoms with Crippen molar-refractivity contribution in [3.63, 3.8) is 0 Å². The molecule has 0 saturated carbocycles. The summed E-state index contributed by atoms with van der Waals surface area (Å²) in [5, 5.41) is 0. The molecule has 1 heteroatoms. The Kier molecular flexibility index (Phi) is 2.43. The van der Waals surface area contributed by atoms with E-state index in [-0.39, 0.29) is 0 Å². The zero-order valence-electron chi connectivity index (χ0n) is 6.21. The Labute approximate surface area is 61.4 Å². The van der Waals surface area contributed by atoms with E-state index in [4.69, 9.17) is 0 Å². The monoisotopic (exact) mass is 136 g/mol. The summed E-state index contributed by atoms with van der Waals surface area (Å²) in [5.74, 6) is 0.565. The molecule has 0 aliphatic heterocycles. The smallest absolute Gasteiger partial charge is 0.143 e. The van der Waals surface area contributed by atoms with Crippen LogP contribution in [0.25, 0.3) is 0 Å². The van der Waals surface area contributed by atoms with Crippen molar-refractivity contribution in [1.82, 2.24) is 0 Å². The van der Waals surface area contributed by atoms with Gasteiger partial charge in [-0.2, -0.15) is 0 Å². The molecule has 0 fully saturated rings. The Morgan fingerprint density at radius 1 is 1.70 bits per heavy atom. The predicted octanol–water partition coefficient (Wildman–Crippen LogP) is 2.10. The lowest BCUT2D eigenvalue weighted by Crippen LogP contribution is -2.00. The highest BCUT2D eigenvalue weighted by Gasteiger charge is 2.07. The molecule has 1 atom stereocenters. The van der Waals surface area contributed by atoms with Gasteiger partial charge in [0, 0.05) is 0 Å². The van der Waals surface area contributed by atoms with Crippen molar-refractivity contribution in [3.05, 3.63) is 23.8 Å². The van der Waals surface area contributed by atoms with E-state index in [1.807, 2.05) is 6.08 Å². The highest BCUT2D eigenvalue weighted by atomic mass is 16.1. The van der Waals surface area contributed by atoms with E-state index < -0.39 is 0 Å². The zero-order valence-corrected chi connectivity index (χ0v) is 6.21. The van der Waals surface area contributed by atoms with Crippen LogP contribution in [0.4, 0.5) is 0 Å². The molecule has 0 amide bonds. The minimum Gasteiger partial charge on any atom is -0.299 e. The van der Waals surface area contributed by atoms with Crippen molar-refractivity contribution < 1.29 is 4.79 Å². The van der Waals surface area contributed by atoms with Gasteiger partial charge in [0.25, 0.3) is 0 Å². The number of allylic oxidation sites excluding steroid dienone is 4. The van der Waals surface area contributed by atoms with Gasteiger partial charge in [0.2, 0.25) is 0 Å². The molecule has 0 aromatic rings. The first-order valence-corrected chi connectivity index (χ1v) is 3.66. The highest BCUT2D eigenvalue weighted by molar-refractivity contribution is 5.67. The third-order valence-corrected chi connectivity index (χ3v) is 1.91. The van der Waals surface area contributed by atoms with E-state index in [0.717, 1.165) is 12.7 Å². The number of carbonyl (C=O) groups is 1. The molecule has 0 spiro atoms. The van der Waals surface area contributed by atoms with Crippen LogP contribution in [0.5, 0.6) is 0 Å². The van der Waals surface area contributed by atoms with Gasteiger partial charge in [0.05, 0.1) is 0 Å². The third-order valence-electron chi connectivity index (χ3n) is 1.91. The zero-order chi connectivity index (χ0) is 7.40. The van der Waals surface area contributed by atoms with Crippen molar-refractivity contribution >= 4 is 6.29 Å². The fraction of sp³-hybridized carbons (Fsp3) is 0.444. The van der Waals surface area contributed by atoms with Crippen LogP contribution in [-0.4, -0.2) is 6.29 Å². The average molecular weight is 136 g/mol. The van der Waals surface area contributed by atoms with Gasteiger partial charge in [0.15, 0.2) is 0 Å². The lowest BCUT2D eigenvalue weighted by atomic mass is 9.91. The molecular formula is C9H12O. The fourth-order valence-electron chi connectivity index (χ4n) is 1.19. The predicted molar refractivity (Wildman–Crippen MR) is 41.7 cm³/mol. The molecule has 54 valence electrons. The standard InChI is InChI=1S/C9H12O/c1-8-4-2-3-5-9(8)6-7-10/h3,5-8H,2,4H2,1H3/b9-6+. The van der Waals surface area contributed by atoms with Crippen LogP contribution in [0, 0.1) is 5.92 Å². The Balaban J connectivity index is 2.72. The summed E-state index contributed by atoms with van der Waals surface area (Å²) in [5.41, 5.74) is 1.17. The largest absolute Gasteiger partial charge is 0.299 e. The van der Waals surface area contributed by atoms with E-state index in [9.17, 15) is 4.79 Å². The van der Waals surface area contributed by atoms with Crippen LogP contribution in [0.15, 0.2) is 23.8 Å². The molecule has 1 aliphatic carbocycles. The summed E-state index contributed by atoms with van der Waals surface area (Å²) in [6, 6.07) is 0. The van der Waals surface area contributed by atoms with Crippen LogP contribution < -0.4 is 0 Å². The topological polar surface area (TPSA) is 17.1 Å². The first kappa shape index (κ1) is 7.26. The molecule has 0 aromatic carbocycles. The number of hydrogen-bond donors (Lipinski definition) is 0. The Morgan fingerprint density at radius 2 is 2.50 bits per heavy atom. The minimum absolute atomic E-state index is 0.565. The SMILES string of the molecule is CC1CCC=C/C1=C\C=O. The lowest BCUT2D eigenvalue weighted by Gasteiger charge is -2.14. The molecule has 1 rings (SSSR count). The number of carbonyl (C=O) groups excluding carboxylic acids is 1. The second-order valence-corrected chi connectivity index (χ2v) is 2.68. The first-order valence-electron chi connectivity index (χ1n) is 3.66. The van der Waals surface area contributed by atoms with Gasteiger partial charge in [-0.15, -0.1) is 0 Å². The summed E-state index contributed by atoms with van der Waals surface area (Å²) < 4.78 is 0. The van der Waals surface area contributed by atoms with Gasteiger partial charge in [-0.3, -0.25) is 4.79 Å². The molecule has 0 bridgehead atoms. The maximum atomic E-state index is 10.1. The highest BCUT2D eigenvalue weighted by Crippen LogP contribution is 2.22. The maximum absolute atomic E-state index is 10.1. The van der Waals surface area contributed by atoms with E-state index in [2.05, 4.69) is 13.0 Å². The molecule has 0 heterocycles. The maximum Gasteiger partial charge on any atom is 0.143 e. The van der Waals surface area contributed by atoms with E-state index in [1.165, 1.54) is 12.0 Å². The first-order chi connectivity index (χ1) is 4.84. The van der Waals surface area contributed by atoms with Gasteiger partial charge in [0.1, 0.15) is 6.29 Å². The Bertz CT molecular complexity index is 177. The van der Waals surface area contributed by atoms with Crippen molar-refractivity contribution in [2.75, 3.05) is 0 Å². The van der Waals surface area contributed by atoms with E-state index in [0.29, 0.717) is 5.92 Å². The van der Waals surface area contributed by atoms with Crippen LogP contribution in [-0.2, 0) is 4.79 Å². The number of aldehydes is 1. The normalized spacial score (nSPS) is 28.9. The molecule has 1 nitrogen and oxygen atoms in total. The van der Waals surface area contributed by atoms with Gasteiger partial charge in [-0.05, 0) is 30.4 Å². The van der Waals surface area contributed by atoms with E-state index in [1.54, 1.807) is 6.08 Å². The van der Waals surface area contributed by atoms with Crippen LogP contribution in [0.1, 0.15) is 19.8 Å². The van der Waals surface area contributed by atoms with E-state index >= 15 is 0 Å². The van der Waals surface area contributed by atoms with Crippen molar-refractivity contribution in [3.8, 4) is 0 Å². The minimum atomic E-state index is 0.565. The van der Waals surface area contributed by atoms with Crippen LogP contribution in [0.3, 0.4) is 0 Å². The Morgan fingerprint density at radius 3 is 3.10 bits per heavy atom. The summed E-state index contributed by atoms with van der Waals surface area (Å²) in [6.45, 7) is 2.15. The average Bonchev–Trinajstić information content (AvgIpc) is 1.94. The van der Waals surface area contributed by atoms with Crippen LogP contribution in [0.2, 0.25) is 0 Å². The molecule has 0 N–H and O–H groups in total. The van der Waals surface area contributed by atoms with Crippen molar-refractivity contribution in [2.45, 2.75) is 19.8 Å². The van der Waals surface area contributed by atoms with Crippen LogP contribution >= 0.6 is 0 Å². The molecule has 0 saturated heterocycles. The summed E-state index contributed by atoms with van der Waals surface area (Å²) in [6.07, 6.45) is 9.01. The number of rotatable bonds is 1. The third kappa shape index (κ3) is 1.56. The van der Waals surface area contributed by atoms with Crippen molar-refractivity contribution in [1.29, 1.82) is 0 Å². The fourth-order valence-corrected chi connectivity index (χ4v) is 1.19. The Hall–Kier alpha value is -0.850. The summed E-state index contributed by atoms with van der Waals surface area (Å²) in [4.78, 5) is 10.1. The molecule has 1 aliphatic rings. The van der Waals surface area contributed by atoms with Gasteiger partial charge >= 0.3 is 0 Å². The van der Waals surface area contributed by atoms with Gasteiger partial charge < -0.3 is 0 Å². The quantitative estimate of drug-likeness (QED) is 0.398. The molecule has 10 heavy (non-hydrogen) atoms. The molecular weight excluding hydrogens is 124 g/mol. The van der Waals surface area contributed by atoms with Gasteiger partial charge in [-0.25, -0.2) is 0 Å². The summed E-state index contributed by atoms with van der Waals surface area (Å²) >= 11 is 0. The second-order valence-electron chi connectivity index (χ2n) is 2.68. The number of hydrogen-bond acceptors (Lipinski definition) is 1. The molecule has 1 unspecified atom stereocenters. The van der Waals surface area contributed by atoms with Gasteiger partial charge in [-0.1, -0.05) is 19.1 Å². The molecule has 0 radical (unpaired) electrons.